The van der Waals surface area contributed by atoms with E-state index in [2.05, 4.69) is 209 Å². The number of nitrogens with zero attached hydrogens (tertiary/aromatic N) is 12. The van der Waals surface area contributed by atoms with Crippen molar-refractivity contribution in [2.45, 2.75) is 0 Å². The summed E-state index contributed by atoms with van der Waals surface area (Å²) in [5, 5.41) is 0. The molecule has 0 spiro atoms. The third-order valence-electron chi connectivity index (χ3n) is 7.51. The summed E-state index contributed by atoms with van der Waals surface area (Å²) in [5.74, 6) is 0. The maximum Gasteiger partial charge on any atom is 0.249 e. The normalized spacial score (nSPS) is 11.6. The molecule has 0 fully saturated rings. The van der Waals surface area contributed by atoms with E-state index >= 15 is 0 Å². The number of hydrogen-bond donors (Lipinski definition) is 0. The van der Waals surface area contributed by atoms with Crippen molar-refractivity contribution in [2.75, 3.05) is 0 Å². The van der Waals surface area contributed by atoms with Crippen molar-refractivity contribution in [2.24, 2.45) is 42.3 Å². The second kappa shape index (κ2) is 9.54. The van der Waals surface area contributed by atoms with Gasteiger partial charge in [-0.25, -0.2) is 27.4 Å². The van der Waals surface area contributed by atoms with Gasteiger partial charge in [0.25, 0.3) is 0 Å². The second-order valence-corrected chi connectivity index (χ2v) is 11.0. The number of aromatic nitrogens is 12. The van der Waals surface area contributed by atoms with Crippen LogP contribution in [0, 0.1) is 0 Å². The fourth-order valence-electron chi connectivity index (χ4n) is 5.64. The largest absolute Gasteiger partial charge is 0.249 e. The molecule has 0 aliphatic rings. The molecule has 0 aliphatic carbocycles. The van der Waals surface area contributed by atoms with E-state index in [1.54, 1.807) is 0 Å². The van der Waals surface area contributed by atoms with Crippen molar-refractivity contribution in [1.29, 1.82) is 0 Å². The quantitative estimate of drug-likeness (QED) is 0.242. The van der Waals surface area contributed by atoms with Crippen LogP contribution in [-0.4, -0.2) is 27.4 Å². The van der Waals surface area contributed by atoms with Crippen LogP contribution in [0.4, 0.5) is 0 Å². The van der Waals surface area contributed by atoms with Crippen LogP contribution in [0.3, 0.4) is 0 Å². The van der Waals surface area contributed by atoms with Gasteiger partial charge >= 0.3 is 0 Å². The van der Waals surface area contributed by atoms with Crippen LogP contribution >= 0.6 is 0 Å². The Bertz CT molecular complexity index is 1670. The molecule has 0 saturated heterocycles. The van der Waals surface area contributed by atoms with Crippen LogP contribution in [0.2, 0.25) is 0 Å². The SMILES string of the molecule is C[n+]1ccn(-c2c(-n3cc[n+](C)c3)c(-n3cc[n+](C)c3)c(-n3cc[n+](C)c3)c(-n3cc[n+](C)c3)c2-n2cc[n+](C)c2)c1. The van der Waals surface area contributed by atoms with Crippen molar-refractivity contribution in [3.63, 3.8) is 0 Å². The smallest absolute Gasteiger partial charge is 0.239 e. The van der Waals surface area contributed by atoms with E-state index in [-0.39, 0.29) is 0 Å². The Kier molecular flexibility index (Phi) is 5.78. The number of rotatable bonds is 6. The molecule has 0 bridgehead atoms. The van der Waals surface area contributed by atoms with Crippen LogP contribution in [0.25, 0.3) is 34.1 Å². The summed E-state index contributed by atoms with van der Waals surface area (Å²) in [4.78, 5) is 0. The summed E-state index contributed by atoms with van der Waals surface area (Å²) in [6.07, 6.45) is 37.8. The lowest BCUT2D eigenvalue weighted by Gasteiger charge is -2.15. The maximum atomic E-state index is 2.21. The standard InChI is InChI=1S/C30H36N12/c1-31-7-13-37(19-31)25-26(38-14-8-32(2)20-38)28(40-16-10-34(4)22-40)30(42-18-12-36(6)24-42)29(41-17-11-35(5)23-41)27(25)39-15-9-33(3)21-39/h7-24H,1-6H3/q+6. The Morgan fingerprint density at radius 1 is 0.286 bits per heavy atom. The molecule has 12 nitrogen and oxygen atoms in total. The first-order chi connectivity index (χ1) is 20.3. The summed E-state index contributed by atoms with van der Waals surface area (Å²) in [6, 6.07) is 0. The van der Waals surface area contributed by atoms with Gasteiger partial charge in [-0.05, 0) is 0 Å². The highest BCUT2D eigenvalue weighted by Gasteiger charge is 2.43. The molecule has 0 unspecified atom stereocenters. The zero-order valence-electron chi connectivity index (χ0n) is 24.8. The average molecular weight is 565 g/mol. The zero-order chi connectivity index (χ0) is 29.1. The molecule has 6 aromatic heterocycles. The van der Waals surface area contributed by atoms with Crippen molar-refractivity contribution < 1.29 is 27.4 Å². The Morgan fingerprint density at radius 2 is 0.429 bits per heavy atom. The molecule has 12 heteroatoms. The van der Waals surface area contributed by atoms with Crippen LogP contribution in [0.5, 0.6) is 0 Å². The van der Waals surface area contributed by atoms with Gasteiger partial charge in [-0.2, -0.15) is 27.4 Å². The summed E-state index contributed by atoms with van der Waals surface area (Å²) < 4.78 is 25.7. The number of benzene rings is 1. The van der Waals surface area contributed by atoms with Gasteiger partial charge in [0.05, 0.1) is 42.3 Å². The highest BCUT2D eigenvalue weighted by molar-refractivity contribution is 5.87. The van der Waals surface area contributed by atoms with Crippen LogP contribution in [0.15, 0.2) is 112 Å². The predicted molar refractivity (Wildman–Crippen MR) is 149 cm³/mol. The minimum absolute atomic E-state index is 1.03. The molecule has 0 amide bonds. The molecule has 0 N–H and O–H groups in total. The highest BCUT2D eigenvalue weighted by atomic mass is 15.2. The van der Waals surface area contributed by atoms with Crippen molar-refractivity contribution in [3.05, 3.63) is 112 Å². The number of aryl methyl sites for hydroxylation is 6. The molecular weight excluding hydrogens is 528 g/mol. The van der Waals surface area contributed by atoms with Gasteiger partial charge in [-0.3, -0.25) is 0 Å². The highest BCUT2D eigenvalue weighted by Crippen LogP contribution is 2.42. The lowest BCUT2D eigenvalue weighted by Crippen LogP contribution is -2.27. The predicted octanol–water partition coefficient (Wildman–Crippen LogP) is -0.622. The molecule has 6 heterocycles. The van der Waals surface area contributed by atoms with Crippen LogP contribution in [0.1, 0.15) is 0 Å². The monoisotopic (exact) mass is 564 g/mol. The molecule has 0 aliphatic heterocycles. The minimum atomic E-state index is 1.03. The van der Waals surface area contributed by atoms with Crippen molar-refractivity contribution in [1.82, 2.24) is 27.4 Å². The first kappa shape index (κ1) is 25.4. The van der Waals surface area contributed by atoms with Crippen LogP contribution < -0.4 is 27.4 Å². The molecular formula is C30H36N12+6. The van der Waals surface area contributed by atoms with Gasteiger partial charge in [0.15, 0.2) is 0 Å². The fraction of sp³-hybridized carbons (Fsp3) is 0.200. The van der Waals surface area contributed by atoms with Gasteiger partial charge in [-0.1, -0.05) is 0 Å². The third kappa shape index (κ3) is 4.15. The van der Waals surface area contributed by atoms with E-state index < -0.39 is 0 Å². The fourth-order valence-corrected chi connectivity index (χ4v) is 5.64. The van der Waals surface area contributed by atoms with Gasteiger partial charge in [0.2, 0.25) is 72.1 Å². The third-order valence-corrected chi connectivity index (χ3v) is 7.51. The first-order valence-corrected chi connectivity index (χ1v) is 13.7. The summed E-state index contributed by atoms with van der Waals surface area (Å²) in [6.45, 7) is 0. The number of imidazole rings is 6. The lowest BCUT2D eigenvalue weighted by atomic mass is 10.1. The second-order valence-electron chi connectivity index (χ2n) is 11.0. The van der Waals surface area contributed by atoms with E-state index in [4.69, 9.17) is 0 Å². The van der Waals surface area contributed by atoms with Gasteiger partial charge < -0.3 is 0 Å². The average Bonchev–Trinajstić information content (AvgIpc) is 3.78. The van der Waals surface area contributed by atoms with E-state index in [9.17, 15) is 0 Å². The molecule has 42 heavy (non-hydrogen) atoms. The molecule has 1 aromatic carbocycles. The Hall–Kier alpha value is -5.52. The summed E-state index contributed by atoms with van der Waals surface area (Å²) >= 11 is 0. The van der Waals surface area contributed by atoms with E-state index in [1.165, 1.54) is 0 Å². The Balaban J connectivity index is 1.80. The molecule has 7 rings (SSSR count). The van der Waals surface area contributed by atoms with Crippen molar-refractivity contribution in [3.8, 4) is 34.1 Å². The minimum Gasteiger partial charge on any atom is -0.239 e. The first-order valence-electron chi connectivity index (χ1n) is 13.7. The topological polar surface area (TPSA) is 52.9 Å². The summed E-state index contributed by atoms with van der Waals surface area (Å²) in [5.41, 5.74) is 6.17. The van der Waals surface area contributed by atoms with Gasteiger partial charge in [-0.15, -0.1) is 0 Å². The van der Waals surface area contributed by atoms with Gasteiger partial charge in [0.1, 0.15) is 74.4 Å². The lowest BCUT2D eigenvalue weighted by molar-refractivity contribution is -0.671. The van der Waals surface area contributed by atoms with E-state index in [0.717, 1.165) is 34.1 Å². The van der Waals surface area contributed by atoms with Crippen LogP contribution in [-0.2, 0) is 42.3 Å². The maximum absolute atomic E-state index is 2.21. The van der Waals surface area contributed by atoms with Gasteiger partial charge in [0, 0.05) is 0 Å². The Labute approximate surface area is 243 Å². The van der Waals surface area contributed by atoms with Crippen molar-refractivity contribution >= 4 is 0 Å². The molecule has 0 saturated carbocycles. The summed E-state index contributed by atoms with van der Waals surface area (Å²) in [7, 11) is 12.3. The van der Waals surface area contributed by atoms with E-state index in [0.29, 0.717) is 0 Å². The molecule has 210 valence electrons. The molecule has 0 radical (unpaired) electrons. The van der Waals surface area contributed by atoms with E-state index in [1.807, 2.05) is 0 Å². The zero-order valence-corrected chi connectivity index (χ0v) is 24.8. The number of hydrogen-bond acceptors (Lipinski definition) is 0. The molecule has 7 aromatic rings. The molecule has 0 atom stereocenters. The Morgan fingerprint density at radius 3 is 0.524 bits per heavy atom.